The molecule has 2 aromatic rings. The lowest BCUT2D eigenvalue weighted by molar-refractivity contribution is 0.172. The summed E-state index contributed by atoms with van der Waals surface area (Å²) in [6.07, 6.45) is -0.462. The quantitative estimate of drug-likeness (QED) is 0.938. The molecular weight excluding hydrogens is 315 g/mol. The smallest absolute Gasteiger partial charge is 0.233 e. The number of hydrogen-bond donors (Lipinski definition) is 1. The van der Waals surface area contributed by atoms with E-state index in [-0.39, 0.29) is 5.82 Å². The second-order valence-corrected chi connectivity index (χ2v) is 4.82. The Morgan fingerprint density at radius 3 is 2.68 bits per heavy atom. The molecule has 1 N–H and O–H groups in total. The third-order valence-electron chi connectivity index (χ3n) is 2.62. The molecule has 0 bridgehead atoms. The average molecular weight is 327 g/mol. The van der Waals surface area contributed by atoms with E-state index in [1.165, 1.54) is 13.2 Å². The van der Waals surface area contributed by atoms with Gasteiger partial charge >= 0.3 is 0 Å². The van der Waals surface area contributed by atoms with Crippen molar-refractivity contribution in [3.8, 4) is 5.88 Å². The Hall–Kier alpha value is -1.53. The van der Waals surface area contributed by atoms with E-state index < -0.39 is 6.10 Å². The first-order valence-corrected chi connectivity index (χ1v) is 6.39. The summed E-state index contributed by atoms with van der Waals surface area (Å²) in [6.45, 7) is 0. The van der Waals surface area contributed by atoms with Gasteiger partial charge < -0.3 is 9.84 Å². The van der Waals surface area contributed by atoms with Crippen molar-refractivity contribution in [2.45, 2.75) is 12.5 Å². The number of aromatic nitrogens is 2. The lowest BCUT2D eigenvalue weighted by Gasteiger charge is -2.10. The molecule has 0 aliphatic rings. The molecule has 1 unspecified atom stereocenters. The number of nitrogens with zero attached hydrogens (tertiary/aromatic N) is 2. The molecule has 0 saturated heterocycles. The standard InChI is InChI=1S/C13H12BrFN2O2/c1-19-13-5-4-11(16-17-13)12(18)7-8-2-3-10(15)9(14)6-8/h2-6,12,18H,7H2,1H3. The Morgan fingerprint density at radius 1 is 1.32 bits per heavy atom. The summed E-state index contributed by atoms with van der Waals surface area (Å²) in [5.74, 6) is 0.0583. The monoisotopic (exact) mass is 326 g/mol. The zero-order valence-corrected chi connectivity index (χ0v) is 11.8. The molecule has 19 heavy (non-hydrogen) atoms. The van der Waals surface area contributed by atoms with Crippen LogP contribution in [0, 0.1) is 5.82 Å². The van der Waals surface area contributed by atoms with Gasteiger partial charge in [0, 0.05) is 12.5 Å². The molecule has 1 heterocycles. The molecule has 2 rings (SSSR count). The SMILES string of the molecule is COc1ccc(C(O)Cc2ccc(F)c(Br)c2)nn1. The van der Waals surface area contributed by atoms with Gasteiger partial charge in [0.25, 0.3) is 0 Å². The summed E-state index contributed by atoms with van der Waals surface area (Å²) >= 11 is 3.11. The number of aliphatic hydroxyl groups is 1. The van der Waals surface area contributed by atoms with Crippen LogP contribution in [0.2, 0.25) is 0 Å². The first kappa shape index (κ1) is 13.9. The van der Waals surface area contributed by atoms with E-state index in [0.717, 1.165) is 5.56 Å². The minimum absolute atomic E-state index is 0.331. The molecule has 0 radical (unpaired) electrons. The van der Waals surface area contributed by atoms with Gasteiger partial charge in [0.1, 0.15) is 11.9 Å². The number of hydrogen-bond acceptors (Lipinski definition) is 4. The lowest BCUT2D eigenvalue weighted by Crippen LogP contribution is -2.06. The van der Waals surface area contributed by atoms with Crippen LogP contribution in [-0.4, -0.2) is 22.4 Å². The molecule has 1 atom stereocenters. The van der Waals surface area contributed by atoms with Crippen molar-refractivity contribution in [1.82, 2.24) is 10.2 Å². The van der Waals surface area contributed by atoms with Crippen molar-refractivity contribution in [3.63, 3.8) is 0 Å². The maximum Gasteiger partial charge on any atom is 0.233 e. The van der Waals surface area contributed by atoms with Crippen LogP contribution in [-0.2, 0) is 6.42 Å². The van der Waals surface area contributed by atoms with E-state index in [9.17, 15) is 9.50 Å². The van der Waals surface area contributed by atoms with Crippen LogP contribution in [0.5, 0.6) is 5.88 Å². The van der Waals surface area contributed by atoms with E-state index in [4.69, 9.17) is 4.74 Å². The van der Waals surface area contributed by atoms with Gasteiger partial charge in [-0.05, 0) is 39.7 Å². The number of rotatable bonds is 4. The largest absolute Gasteiger partial charge is 0.480 e. The molecular formula is C13H12BrFN2O2. The molecule has 1 aromatic carbocycles. The molecule has 0 fully saturated rings. The maximum atomic E-state index is 13.1. The number of benzene rings is 1. The Kier molecular flexibility index (Phi) is 4.44. The molecule has 100 valence electrons. The van der Waals surface area contributed by atoms with Crippen molar-refractivity contribution in [3.05, 3.63) is 51.9 Å². The first-order chi connectivity index (χ1) is 9.10. The van der Waals surface area contributed by atoms with Gasteiger partial charge in [0.05, 0.1) is 17.3 Å². The Morgan fingerprint density at radius 2 is 2.11 bits per heavy atom. The summed E-state index contributed by atoms with van der Waals surface area (Å²) in [7, 11) is 1.50. The number of aliphatic hydroxyl groups excluding tert-OH is 1. The molecule has 0 spiro atoms. The van der Waals surface area contributed by atoms with E-state index in [1.807, 2.05) is 0 Å². The zero-order chi connectivity index (χ0) is 13.8. The highest BCUT2D eigenvalue weighted by Crippen LogP contribution is 2.21. The van der Waals surface area contributed by atoms with Crippen molar-refractivity contribution < 1.29 is 14.2 Å². The van der Waals surface area contributed by atoms with Gasteiger partial charge in [-0.25, -0.2) is 4.39 Å². The maximum absolute atomic E-state index is 13.1. The van der Waals surface area contributed by atoms with Crippen LogP contribution < -0.4 is 4.74 Å². The highest BCUT2D eigenvalue weighted by Gasteiger charge is 2.12. The Bertz CT molecular complexity index is 563. The summed E-state index contributed by atoms with van der Waals surface area (Å²) < 4.78 is 18.4. The van der Waals surface area contributed by atoms with Crippen molar-refractivity contribution >= 4 is 15.9 Å². The van der Waals surface area contributed by atoms with Crippen LogP contribution in [0.4, 0.5) is 4.39 Å². The molecule has 0 amide bonds. The Labute approximate surface area is 118 Å². The van der Waals surface area contributed by atoms with Crippen LogP contribution in [0.25, 0.3) is 0 Å². The van der Waals surface area contributed by atoms with Crippen LogP contribution >= 0.6 is 15.9 Å². The lowest BCUT2D eigenvalue weighted by atomic mass is 10.1. The van der Waals surface area contributed by atoms with E-state index >= 15 is 0 Å². The second kappa shape index (κ2) is 6.08. The molecule has 0 saturated carbocycles. The summed E-state index contributed by atoms with van der Waals surface area (Å²) in [5, 5.41) is 17.7. The first-order valence-electron chi connectivity index (χ1n) is 5.59. The predicted octanol–water partition coefficient (Wildman–Crippen LogP) is 2.66. The molecule has 0 aliphatic carbocycles. The van der Waals surface area contributed by atoms with Gasteiger partial charge in [0.2, 0.25) is 5.88 Å². The van der Waals surface area contributed by atoms with Gasteiger partial charge in [0.15, 0.2) is 0 Å². The zero-order valence-electron chi connectivity index (χ0n) is 10.2. The number of methoxy groups -OCH3 is 1. The van der Waals surface area contributed by atoms with E-state index in [2.05, 4.69) is 26.1 Å². The van der Waals surface area contributed by atoms with Gasteiger partial charge in [-0.3, -0.25) is 0 Å². The third-order valence-corrected chi connectivity index (χ3v) is 3.23. The molecule has 0 aliphatic heterocycles. The Balaban J connectivity index is 2.10. The minimum Gasteiger partial charge on any atom is -0.480 e. The average Bonchev–Trinajstić information content (AvgIpc) is 2.43. The number of halogens is 2. The fraction of sp³-hybridized carbons (Fsp3) is 0.231. The highest BCUT2D eigenvalue weighted by atomic mass is 79.9. The normalized spacial score (nSPS) is 12.2. The second-order valence-electron chi connectivity index (χ2n) is 3.97. The number of ether oxygens (including phenoxy) is 1. The van der Waals surface area contributed by atoms with Gasteiger partial charge in [-0.2, -0.15) is 0 Å². The van der Waals surface area contributed by atoms with Gasteiger partial charge in [-0.15, -0.1) is 10.2 Å². The van der Waals surface area contributed by atoms with Gasteiger partial charge in [-0.1, -0.05) is 6.07 Å². The van der Waals surface area contributed by atoms with Crippen LogP contribution in [0.3, 0.4) is 0 Å². The van der Waals surface area contributed by atoms with Crippen molar-refractivity contribution in [2.75, 3.05) is 7.11 Å². The van der Waals surface area contributed by atoms with Crippen LogP contribution in [0.1, 0.15) is 17.4 Å². The topological polar surface area (TPSA) is 55.2 Å². The van der Waals surface area contributed by atoms with E-state index in [1.54, 1.807) is 24.3 Å². The van der Waals surface area contributed by atoms with Crippen molar-refractivity contribution in [1.29, 1.82) is 0 Å². The predicted molar refractivity (Wildman–Crippen MR) is 71.3 cm³/mol. The fourth-order valence-corrected chi connectivity index (χ4v) is 2.04. The molecule has 4 nitrogen and oxygen atoms in total. The van der Waals surface area contributed by atoms with Crippen LogP contribution in [0.15, 0.2) is 34.8 Å². The van der Waals surface area contributed by atoms with E-state index in [0.29, 0.717) is 22.5 Å². The highest BCUT2D eigenvalue weighted by molar-refractivity contribution is 9.10. The summed E-state index contributed by atoms with van der Waals surface area (Å²) in [5.41, 5.74) is 1.25. The van der Waals surface area contributed by atoms with Crippen molar-refractivity contribution in [2.24, 2.45) is 0 Å². The molecule has 1 aromatic heterocycles. The third kappa shape index (κ3) is 3.48. The fourth-order valence-electron chi connectivity index (χ4n) is 1.61. The summed E-state index contributed by atoms with van der Waals surface area (Å²) in [6, 6.07) is 7.89. The summed E-state index contributed by atoms with van der Waals surface area (Å²) in [4.78, 5) is 0. The molecule has 6 heteroatoms. The minimum atomic E-state index is -0.796.